The van der Waals surface area contributed by atoms with Crippen molar-refractivity contribution in [2.75, 3.05) is 0 Å². The summed E-state index contributed by atoms with van der Waals surface area (Å²) < 4.78 is 24.7. The van der Waals surface area contributed by atoms with Crippen molar-refractivity contribution < 1.29 is 23.1 Å². The zero-order valence-electron chi connectivity index (χ0n) is 10.6. The van der Waals surface area contributed by atoms with Crippen molar-refractivity contribution in [3.63, 3.8) is 0 Å². The van der Waals surface area contributed by atoms with E-state index in [4.69, 9.17) is 5.11 Å². The number of nitrogens with zero attached hydrogens (tertiary/aromatic N) is 1. The van der Waals surface area contributed by atoms with Crippen molar-refractivity contribution in [3.8, 4) is 0 Å². The van der Waals surface area contributed by atoms with Crippen LogP contribution in [0.25, 0.3) is 0 Å². The summed E-state index contributed by atoms with van der Waals surface area (Å²) in [4.78, 5) is 22.2. The van der Waals surface area contributed by atoms with E-state index < -0.39 is 33.7 Å². The minimum Gasteiger partial charge on any atom is -0.474 e. The van der Waals surface area contributed by atoms with Gasteiger partial charge < -0.3 is 5.11 Å². The maximum Gasteiger partial charge on any atom is 0.395 e. The lowest BCUT2D eigenvalue weighted by Crippen LogP contribution is -2.45. The Balaban J connectivity index is 3.08. The van der Waals surface area contributed by atoms with Crippen LogP contribution in [0, 0.1) is 0 Å². The number of hydrogen-bond acceptors (Lipinski definition) is 4. The molecular weight excluding hydrogens is 270 g/mol. The van der Waals surface area contributed by atoms with Gasteiger partial charge in [-0.15, -0.1) is 0 Å². The summed E-state index contributed by atoms with van der Waals surface area (Å²) in [7, 11) is -4.02. The number of carbonyl (C=O) groups excluding carboxylic acids is 1. The van der Waals surface area contributed by atoms with E-state index >= 15 is 0 Å². The van der Waals surface area contributed by atoms with Gasteiger partial charge in [0.05, 0.1) is 5.75 Å². The zero-order valence-corrected chi connectivity index (χ0v) is 11.4. The van der Waals surface area contributed by atoms with Crippen molar-refractivity contribution in [3.05, 3.63) is 35.9 Å². The summed E-state index contributed by atoms with van der Waals surface area (Å²) in [5.41, 5.74) is 0.492. The van der Waals surface area contributed by atoms with Gasteiger partial charge in [-0.2, -0.15) is 0 Å². The molecule has 0 aromatic heterocycles. The Labute approximate surface area is 111 Å². The first-order valence-corrected chi connectivity index (χ1v) is 7.20. The Morgan fingerprint density at radius 2 is 1.74 bits per heavy atom. The summed E-state index contributed by atoms with van der Waals surface area (Å²) in [5.74, 6) is -3.64. The maximum atomic E-state index is 12.1. The second-order valence-corrected chi connectivity index (χ2v) is 6.09. The maximum absolute atomic E-state index is 12.1. The number of carbonyl (C=O) groups is 2. The summed E-state index contributed by atoms with van der Waals surface area (Å²) in [6.07, 6.45) is 0. The quantitative estimate of drug-likeness (QED) is 0.828. The summed E-state index contributed by atoms with van der Waals surface area (Å²) >= 11 is 0. The lowest BCUT2D eigenvalue weighted by molar-refractivity contribution is -0.153. The van der Waals surface area contributed by atoms with Crippen molar-refractivity contribution in [2.45, 2.75) is 25.6 Å². The van der Waals surface area contributed by atoms with Crippen LogP contribution in [-0.2, 0) is 25.4 Å². The van der Waals surface area contributed by atoms with Gasteiger partial charge in [0, 0.05) is 6.04 Å². The predicted octanol–water partition coefficient (Wildman–Crippen LogP) is 0.838. The van der Waals surface area contributed by atoms with Crippen molar-refractivity contribution in [2.24, 2.45) is 0 Å². The molecular formula is C12H15NO5S. The number of benzene rings is 1. The predicted molar refractivity (Wildman–Crippen MR) is 68.7 cm³/mol. The molecule has 0 heterocycles. The van der Waals surface area contributed by atoms with Gasteiger partial charge in [-0.1, -0.05) is 30.3 Å². The van der Waals surface area contributed by atoms with Gasteiger partial charge in [-0.25, -0.2) is 17.5 Å². The molecule has 1 aromatic carbocycles. The highest BCUT2D eigenvalue weighted by Crippen LogP contribution is 2.14. The lowest BCUT2D eigenvalue weighted by atomic mass is 10.2. The van der Waals surface area contributed by atoms with Gasteiger partial charge in [-0.3, -0.25) is 4.79 Å². The number of amides is 1. The molecule has 1 N–H and O–H groups in total. The third-order valence-electron chi connectivity index (χ3n) is 2.34. The molecule has 0 aliphatic rings. The van der Waals surface area contributed by atoms with Gasteiger partial charge in [0.1, 0.15) is 0 Å². The first-order valence-electron chi connectivity index (χ1n) is 5.59. The van der Waals surface area contributed by atoms with Crippen molar-refractivity contribution in [1.82, 2.24) is 4.31 Å². The molecule has 7 heteroatoms. The summed E-state index contributed by atoms with van der Waals surface area (Å²) in [6.45, 7) is 2.90. The van der Waals surface area contributed by atoms with E-state index in [0.29, 0.717) is 9.87 Å². The molecule has 104 valence electrons. The second-order valence-electron chi connectivity index (χ2n) is 4.24. The molecule has 1 amide bonds. The smallest absolute Gasteiger partial charge is 0.395 e. The molecule has 0 aliphatic carbocycles. The molecule has 0 bridgehead atoms. The average molecular weight is 285 g/mol. The number of carboxylic acid groups (broad SMARTS) is 1. The molecule has 1 aromatic rings. The summed E-state index contributed by atoms with van der Waals surface area (Å²) in [5, 5.41) is 8.68. The van der Waals surface area contributed by atoms with Crippen molar-refractivity contribution >= 4 is 21.9 Å². The van der Waals surface area contributed by atoms with Gasteiger partial charge >= 0.3 is 11.9 Å². The highest BCUT2D eigenvalue weighted by atomic mass is 32.2. The molecule has 0 fully saturated rings. The fourth-order valence-corrected chi connectivity index (χ4v) is 3.36. The number of aliphatic carboxylic acids is 1. The Kier molecular flexibility index (Phi) is 4.66. The van der Waals surface area contributed by atoms with Crippen LogP contribution in [0.15, 0.2) is 30.3 Å². The van der Waals surface area contributed by atoms with Gasteiger partial charge in [-0.05, 0) is 19.4 Å². The molecule has 0 aliphatic heterocycles. The second kappa shape index (κ2) is 5.83. The van der Waals surface area contributed by atoms with Crippen molar-refractivity contribution in [1.29, 1.82) is 0 Å². The number of sulfonamides is 1. The third-order valence-corrected chi connectivity index (χ3v) is 4.23. The van der Waals surface area contributed by atoms with E-state index in [1.807, 2.05) is 0 Å². The molecule has 6 nitrogen and oxygen atoms in total. The van der Waals surface area contributed by atoms with Crippen LogP contribution in [0.1, 0.15) is 19.4 Å². The van der Waals surface area contributed by atoms with Gasteiger partial charge in [0.25, 0.3) is 0 Å². The monoisotopic (exact) mass is 285 g/mol. The highest BCUT2D eigenvalue weighted by Gasteiger charge is 2.34. The van der Waals surface area contributed by atoms with E-state index in [1.54, 1.807) is 30.3 Å². The molecule has 0 saturated heterocycles. The van der Waals surface area contributed by atoms with Crippen LogP contribution in [0.2, 0.25) is 0 Å². The fraction of sp³-hybridized carbons (Fsp3) is 0.333. The van der Waals surface area contributed by atoms with Crippen LogP contribution in [0.4, 0.5) is 0 Å². The minimum absolute atomic E-state index is 0.405. The molecule has 0 saturated carbocycles. The van der Waals surface area contributed by atoms with Gasteiger partial charge in [0.15, 0.2) is 0 Å². The van der Waals surface area contributed by atoms with Crippen LogP contribution < -0.4 is 0 Å². The third kappa shape index (κ3) is 3.78. The number of hydrogen-bond donors (Lipinski definition) is 1. The molecule has 1 rings (SSSR count). The van der Waals surface area contributed by atoms with Crippen LogP contribution in [0.5, 0.6) is 0 Å². The van der Waals surface area contributed by atoms with E-state index in [9.17, 15) is 18.0 Å². The van der Waals surface area contributed by atoms with Crippen LogP contribution in [0.3, 0.4) is 0 Å². The van der Waals surface area contributed by atoms with E-state index in [-0.39, 0.29) is 0 Å². The molecule has 0 atom stereocenters. The molecule has 0 unspecified atom stereocenters. The van der Waals surface area contributed by atoms with Gasteiger partial charge in [0.2, 0.25) is 10.0 Å². The van der Waals surface area contributed by atoms with E-state index in [1.165, 1.54) is 13.8 Å². The topological polar surface area (TPSA) is 91.8 Å². The number of rotatable bonds is 4. The zero-order chi connectivity index (χ0) is 14.6. The normalized spacial score (nSPS) is 11.3. The minimum atomic E-state index is -4.02. The van der Waals surface area contributed by atoms with E-state index in [2.05, 4.69) is 0 Å². The first kappa shape index (κ1) is 15.2. The summed E-state index contributed by atoms with van der Waals surface area (Å²) in [6, 6.07) is 7.52. The number of carboxylic acids is 1. The Morgan fingerprint density at radius 3 is 2.16 bits per heavy atom. The fourth-order valence-electron chi connectivity index (χ4n) is 1.63. The Morgan fingerprint density at radius 1 is 1.21 bits per heavy atom. The highest BCUT2D eigenvalue weighted by molar-refractivity contribution is 7.89. The SMILES string of the molecule is CC(C)N(C(=O)C(=O)O)S(=O)(=O)Cc1ccccc1. The Hall–Kier alpha value is -1.89. The Bertz CT molecular complexity index is 565. The standard InChI is InChI=1S/C12H15NO5S/c1-9(2)13(11(14)12(15)16)19(17,18)8-10-6-4-3-5-7-10/h3-7,9H,8H2,1-2H3,(H,15,16). The van der Waals surface area contributed by atoms with E-state index in [0.717, 1.165) is 0 Å². The largest absolute Gasteiger partial charge is 0.474 e. The van der Waals surface area contributed by atoms with Crippen LogP contribution >= 0.6 is 0 Å². The molecule has 0 spiro atoms. The van der Waals surface area contributed by atoms with Crippen LogP contribution in [-0.4, -0.2) is 35.7 Å². The molecule has 0 radical (unpaired) electrons. The average Bonchev–Trinajstić information content (AvgIpc) is 2.28. The lowest BCUT2D eigenvalue weighted by Gasteiger charge is -2.24. The molecule has 19 heavy (non-hydrogen) atoms. The first-order chi connectivity index (χ1) is 8.75.